The first-order valence-corrected chi connectivity index (χ1v) is 15.8. The maximum Gasteiger partial charge on any atom is 0.264 e. The van der Waals surface area contributed by atoms with Gasteiger partial charge in [0.1, 0.15) is 30.4 Å². The van der Waals surface area contributed by atoms with Crippen molar-refractivity contribution in [3.63, 3.8) is 0 Å². The van der Waals surface area contributed by atoms with Crippen molar-refractivity contribution in [1.82, 2.24) is 9.62 Å². The quantitative estimate of drug-likeness (QED) is 0.226. The molecule has 12 heteroatoms. The summed E-state index contributed by atoms with van der Waals surface area (Å²) >= 11 is 0. The van der Waals surface area contributed by atoms with Crippen molar-refractivity contribution in [2.24, 2.45) is 0 Å². The standard InChI is InChI=1S/C30H31N3O7S2/c1-32(2)41(35,36)29-19-17-25(18-20-29)39-22-21-31-30(34)23-33(42(37,38)28-11-7-4-8-12-28)24-13-15-27(16-14-24)40-26-9-5-3-6-10-26/h3-20H,21-23H2,1-2H3,(H,31,34). The molecule has 0 unspecified atom stereocenters. The number of carbonyl (C=O) groups excluding carboxylic acids is 1. The van der Waals surface area contributed by atoms with Crippen LogP contribution in [0.5, 0.6) is 17.2 Å². The van der Waals surface area contributed by atoms with E-state index in [0.717, 1.165) is 8.61 Å². The molecule has 0 aliphatic carbocycles. The van der Waals surface area contributed by atoms with Crippen LogP contribution in [0.1, 0.15) is 0 Å². The third kappa shape index (κ3) is 7.66. The van der Waals surface area contributed by atoms with Gasteiger partial charge < -0.3 is 14.8 Å². The Labute approximate surface area is 246 Å². The van der Waals surface area contributed by atoms with Gasteiger partial charge in [-0.05, 0) is 72.8 Å². The summed E-state index contributed by atoms with van der Waals surface area (Å²) in [4.78, 5) is 13.1. The van der Waals surface area contributed by atoms with Crippen LogP contribution in [-0.2, 0) is 24.8 Å². The van der Waals surface area contributed by atoms with E-state index in [4.69, 9.17) is 9.47 Å². The van der Waals surface area contributed by atoms with Crippen LogP contribution in [0.3, 0.4) is 0 Å². The highest BCUT2D eigenvalue weighted by molar-refractivity contribution is 7.92. The van der Waals surface area contributed by atoms with E-state index in [1.165, 1.54) is 50.5 Å². The fourth-order valence-corrected chi connectivity index (χ4v) is 6.15. The third-order valence-electron chi connectivity index (χ3n) is 6.02. The molecule has 0 bridgehead atoms. The Morgan fingerprint density at radius 3 is 1.79 bits per heavy atom. The van der Waals surface area contributed by atoms with Gasteiger partial charge in [0.15, 0.2) is 0 Å². The van der Waals surface area contributed by atoms with Gasteiger partial charge in [0.25, 0.3) is 10.0 Å². The number of carbonyl (C=O) groups is 1. The molecule has 42 heavy (non-hydrogen) atoms. The largest absolute Gasteiger partial charge is 0.492 e. The summed E-state index contributed by atoms with van der Waals surface area (Å²) in [5.41, 5.74) is 0.290. The van der Waals surface area contributed by atoms with E-state index in [-0.39, 0.29) is 22.9 Å². The Morgan fingerprint density at radius 2 is 1.19 bits per heavy atom. The molecular weight excluding hydrogens is 578 g/mol. The number of sulfonamides is 2. The van der Waals surface area contributed by atoms with Crippen LogP contribution in [0.4, 0.5) is 5.69 Å². The van der Waals surface area contributed by atoms with Gasteiger partial charge in [-0.25, -0.2) is 21.1 Å². The highest BCUT2D eigenvalue weighted by atomic mass is 32.2. The van der Waals surface area contributed by atoms with Crippen molar-refractivity contribution in [1.29, 1.82) is 0 Å². The predicted molar refractivity (Wildman–Crippen MR) is 160 cm³/mol. The maximum absolute atomic E-state index is 13.5. The SMILES string of the molecule is CN(C)S(=O)(=O)c1ccc(OCCNC(=O)CN(c2ccc(Oc3ccccc3)cc2)S(=O)(=O)c2ccccc2)cc1. The first-order valence-electron chi connectivity index (χ1n) is 12.9. The average molecular weight is 610 g/mol. The fourth-order valence-electron chi connectivity index (χ4n) is 3.80. The van der Waals surface area contributed by atoms with Gasteiger partial charge in [-0.1, -0.05) is 36.4 Å². The molecule has 0 aromatic heterocycles. The second-order valence-electron chi connectivity index (χ2n) is 9.19. The lowest BCUT2D eigenvalue weighted by atomic mass is 10.3. The number of amides is 1. The van der Waals surface area contributed by atoms with Crippen LogP contribution in [0.15, 0.2) is 119 Å². The zero-order chi connectivity index (χ0) is 30.2. The molecule has 10 nitrogen and oxygen atoms in total. The van der Waals surface area contributed by atoms with Crippen molar-refractivity contribution >= 4 is 31.6 Å². The number of anilines is 1. The van der Waals surface area contributed by atoms with Crippen molar-refractivity contribution in [3.8, 4) is 17.2 Å². The number of hydrogen-bond acceptors (Lipinski definition) is 7. The first kappa shape index (κ1) is 30.6. The van der Waals surface area contributed by atoms with E-state index < -0.39 is 32.5 Å². The Kier molecular flexibility index (Phi) is 9.84. The Hall–Kier alpha value is -4.39. The van der Waals surface area contributed by atoms with Gasteiger partial charge in [0, 0.05) is 14.1 Å². The van der Waals surface area contributed by atoms with Crippen molar-refractivity contribution < 1.29 is 31.1 Å². The zero-order valence-electron chi connectivity index (χ0n) is 23.1. The summed E-state index contributed by atoms with van der Waals surface area (Å²) in [7, 11) is -4.73. The number of nitrogens with zero attached hydrogens (tertiary/aromatic N) is 2. The minimum Gasteiger partial charge on any atom is -0.492 e. The van der Waals surface area contributed by atoms with E-state index in [1.807, 2.05) is 18.2 Å². The van der Waals surface area contributed by atoms with E-state index in [2.05, 4.69) is 5.32 Å². The third-order valence-corrected chi connectivity index (χ3v) is 9.63. The topological polar surface area (TPSA) is 122 Å². The lowest BCUT2D eigenvalue weighted by Gasteiger charge is -2.24. The van der Waals surface area contributed by atoms with E-state index >= 15 is 0 Å². The molecular formula is C30H31N3O7S2. The molecule has 0 aliphatic heterocycles. The van der Waals surface area contributed by atoms with Crippen LogP contribution in [-0.4, -0.2) is 60.8 Å². The van der Waals surface area contributed by atoms with Gasteiger partial charge in [0.05, 0.1) is 22.0 Å². The summed E-state index contributed by atoms with van der Waals surface area (Å²) in [6, 6.07) is 29.4. The monoisotopic (exact) mass is 609 g/mol. The first-order chi connectivity index (χ1) is 20.1. The zero-order valence-corrected chi connectivity index (χ0v) is 24.7. The van der Waals surface area contributed by atoms with Crippen LogP contribution in [0, 0.1) is 0 Å². The molecule has 0 saturated carbocycles. The van der Waals surface area contributed by atoms with Crippen molar-refractivity contribution in [2.45, 2.75) is 9.79 Å². The number of ether oxygens (including phenoxy) is 2. The van der Waals surface area contributed by atoms with Gasteiger partial charge >= 0.3 is 0 Å². The number of benzene rings is 4. The highest BCUT2D eigenvalue weighted by Crippen LogP contribution is 2.28. The average Bonchev–Trinajstić information content (AvgIpc) is 2.99. The fraction of sp³-hybridized carbons (Fsp3) is 0.167. The minimum absolute atomic E-state index is 0.0467. The van der Waals surface area contributed by atoms with E-state index in [0.29, 0.717) is 22.9 Å². The van der Waals surface area contributed by atoms with Gasteiger partial charge in [-0.15, -0.1) is 0 Å². The van der Waals surface area contributed by atoms with Crippen LogP contribution in [0.2, 0.25) is 0 Å². The van der Waals surface area contributed by atoms with Gasteiger partial charge in [0.2, 0.25) is 15.9 Å². The molecule has 0 heterocycles. The molecule has 0 aliphatic rings. The summed E-state index contributed by atoms with van der Waals surface area (Å²) in [5, 5.41) is 2.67. The normalized spacial score (nSPS) is 11.6. The number of para-hydroxylation sites is 1. The predicted octanol–water partition coefficient (Wildman–Crippen LogP) is 4.12. The number of nitrogens with one attached hydrogen (secondary N) is 1. The summed E-state index contributed by atoms with van der Waals surface area (Å²) in [6.07, 6.45) is 0. The molecule has 1 N–H and O–H groups in total. The van der Waals surface area contributed by atoms with E-state index in [9.17, 15) is 21.6 Å². The molecule has 4 aromatic carbocycles. The van der Waals surface area contributed by atoms with Crippen LogP contribution in [0.25, 0.3) is 0 Å². The second kappa shape index (κ2) is 13.5. The summed E-state index contributed by atoms with van der Waals surface area (Å²) in [5.74, 6) is 1.04. The molecule has 0 radical (unpaired) electrons. The Bertz CT molecular complexity index is 1680. The van der Waals surface area contributed by atoms with Crippen LogP contribution < -0.4 is 19.1 Å². The molecule has 4 rings (SSSR count). The summed E-state index contributed by atoms with van der Waals surface area (Å²) < 4.78 is 65.1. The Morgan fingerprint density at radius 1 is 0.667 bits per heavy atom. The maximum atomic E-state index is 13.5. The Balaban J connectivity index is 1.41. The highest BCUT2D eigenvalue weighted by Gasteiger charge is 2.27. The lowest BCUT2D eigenvalue weighted by molar-refractivity contribution is -0.119. The van der Waals surface area contributed by atoms with Crippen molar-refractivity contribution in [3.05, 3.63) is 109 Å². The molecule has 0 spiro atoms. The van der Waals surface area contributed by atoms with Gasteiger partial charge in [-0.2, -0.15) is 0 Å². The molecule has 0 fully saturated rings. The smallest absolute Gasteiger partial charge is 0.264 e. The van der Waals surface area contributed by atoms with Gasteiger partial charge in [-0.3, -0.25) is 9.10 Å². The molecule has 1 amide bonds. The molecule has 0 saturated heterocycles. The number of hydrogen-bond donors (Lipinski definition) is 1. The minimum atomic E-state index is -4.07. The molecule has 0 atom stereocenters. The summed E-state index contributed by atoms with van der Waals surface area (Å²) in [6.45, 7) is -0.282. The molecule has 220 valence electrons. The molecule has 4 aromatic rings. The van der Waals surface area contributed by atoms with Crippen LogP contribution >= 0.6 is 0 Å². The number of rotatable bonds is 13. The van der Waals surface area contributed by atoms with Crippen molar-refractivity contribution in [2.75, 3.05) is 38.1 Å². The lowest BCUT2D eigenvalue weighted by Crippen LogP contribution is -2.41. The second-order valence-corrected chi connectivity index (χ2v) is 13.2. The van der Waals surface area contributed by atoms with E-state index in [1.54, 1.807) is 54.6 Å².